The minimum absolute atomic E-state index is 0.0466. The summed E-state index contributed by atoms with van der Waals surface area (Å²) in [6.45, 7) is 0. The lowest BCUT2D eigenvalue weighted by Gasteiger charge is -2.13. The number of hydrogen-bond acceptors (Lipinski definition) is 3. The molecule has 29 heavy (non-hydrogen) atoms. The topological polar surface area (TPSA) is 69.5 Å². The van der Waals surface area contributed by atoms with Crippen LogP contribution < -0.4 is 5.56 Å². The van der Waals surface area contributed by atoms with Gasteiger partial charge in [0, 0.05) is 11.1 Å². The molecule has 3 aromatic rings. The zero-order chi connectivity index (χ0) is 21.4. The smallest absolute Gasteiger partial charge is 0.266 e. The zero-order valence-electron chi connectivity index (χ0n) is 14.2. The van der Waals surface area contributed by atoms with Gasteiger partial charge < -0.3 is 0 Å². The number of alkyl halides is 6. The molecule has 10 heteroatoms. The second-order valence-corrected chi connectivity index (χ2v) is 5.91. The molecule has 0 aliphatic carbocycles. The Hall–Kier alpha value is -3.61. The van der Waals surface area contributed by atoms with E-state index in [1.165, 1.54) is 0 Å². The van der Waals surface area contributed by atoms with Crippen molar-refractivity contribution >= 4 is 0 Å². The van der Waals surface area contributed by atoms with Gasteiger partial charge in [-0.05, 0) is 29.8 Å². The highest BCUT2D eigenvalue weighted by molar-refractivity contribution is 5.84. The van der Waals surface area contributed by atoms with Crippen molar-refractivity contribution in [2.45, 2.75) is 12.4 Å². The van der Waals surface area contributed by atoms with Crippen LogP contribution in [0.2, 0.25) is 0 Å². The maximum atomic E-state index is 12.8. The van der Waals surface area contributed by atoms with E-state index in [9.17, 15) is 36.4 Å². The Labute approximate surface area is 159 Å². The average Bonchev–Trinajstić information content (AvgIpc) is 2.66. The molecule has 0 spiro atoms. The summed E-state index contributed by atoms with van der Waals surface area (Å²) in [5, 5.41) is 15.2. The highest BCUT2D eigenvalue weighted by Gasteiger charge is 2.31. The Balaban J connectivity index is 2.20. The van der Waals surface area contributed by atoms with Crippen molar-refractivity contribution < 1.29 is 26.3 Å². The molecule has 0 aliphatic heterocycles. The maximum Gasteiger partial charge on any atom is 0.416 e. The summed E-state index contributed by atoms with van der Waals surface area (Å²) < 4.78 is 76.7. The van der Waals surface area contributed by atoms with Crippen LogP contribution in [-0.4, -0.2) is 10.2 Å². The number of aromatic nitrogens is 2. The number of nitriles is 1. The molecule has 1 aromatic heterocycles. The van der Waals surface area contributed by atoms with Gasteiger partial charge in [0.15, 0.2) is 0 Å². The maximum absolute atomic E-state index is 12.8. The molecule has 0 saturated heterocycles. The Kier molecular flexibility index (Phi) is 4.92. The van der Waals surface area contributed by atoms with Gasteiger partial charge in [0.1, 0.15) is 17.3 Å². The predicted molar refractivity (Wildman–Crippen MR) is 90.4 cm³/mol. The first-order chi connectivity index (χ1) is 13.5. The number of nitrogens with one attached hydrogen (secondary N) is 1. The number of H-pyrrole nitrogens is 1. The third-order valence-electron chi connectivity index (χ3n) is 4.08. The van der Waals surface area contributed by atoms with E-state index in [0.29, 0.717) is 0 Å². The summed E-state index contributed by atoms with van der Waals surface area (Å²) in [5.74, 6) is 0. The molecule has 0 atom stereocenters. The van der Waals surface area contributed by atoms with E-state index in [4.69, 9.17) is 0 Å². The van der Waals surface area contributed by atoms with Gasteiger partial charge in [-0.15, -0.1) is 0 Å². The van der Waals surface area contributed by atoms with E-state index in [-0.39, 0.29) is 22.4 Å². The number of hydrogen-bond donors (Lipinski definition) is 1. The molecular weight excluding hydrogens is 400 g/mol. The van der Waals surface area contributed by atoms with Gasteiger partial charge >= 0.3 is 12.4 Å². The zero-order valence-corrected chi connectivity index (χ0v) is 14.2. The molecule has 0 bridgehead atoms. The number of benzene rings is 2. The van der Waals surface area contributed by atoms with Crippen LogP contribution in [0.15, 0.2) is 53.3 Å². The first-order valence-corrected chi connectivity index (χ1v) is 7.90. The lowest BCUT2D eigenvalue weighted by Crippen LogP contribution is -2.15. The minimum Gasteiger partial charge on any atom is -0.266 e. The SMILES string of the molecule is N#Cc1c(-c2ccc(C(F)(F)F)cc2)c(-c2ccc(C(F)(F)F)cc2)n[nH]c1=O. The fourth-order valence-electron chi connectivity index (χ4n) is 2.69. The number of rotatable bonds is 2. The number of aromatic amines is 1. The fourth-order valence-corrected chi connectivity index (χ4v) is 2.69. The van der Waals surface area contributed by atoms with Crippen LogP contribution >= 0.6 is 0 Å². The molecule has 4 nitrogen and oxygen atoms in total. The van der Waals surface area contributed by atoms with Crippen molar-refractivity contribution in [3.8, 4) is 28.5 Å². The minimum atomic E-state index is -4.58. The molecule has 0 aliphatic rings. The molecule has 2 aromatic carbocycles. The first kappa shape index (κ1) is 20.1. The van der Waals surface area contributed by atoms with Gasteiger partial charge in [0.05, 0.1) is 11.1 Å². The van der Waals surface area contributed by atoms with Crippen molar-refractivity contribution in [3.05, 3.63) is 75.6 Å². The van der Waals surface area contributed by atoms with E-state index in [1.807, 2.05) is 0 Å². The van der Waals surface area contributed by atoms with Crippen LogP contribution in [0.1, 0.15) is 16.7 Å². The predicted octanol–water partition coefficient (Wildman–Crippen LogP) is 5.01. The first-order valence-electron chi connectivity index (χ1n) is 7.90. The molecule has 0 radical (unpaired) electrons. The summed E-state index contributed by atoms with van der Waals surface area (Å²) in [4.78, 5) is 12.0. The van der Waals surface area contributed by atoms with Crippen molar-refractivity contribution in [2.24, 2.45) is 0 Å². The molecule has 0 saturated carbocycles. The molecule has 1 heterocycles. The molecule has 3 rings (SSSR count). The van der Waals surface area contributed by atoms with Crippen molar-refractivity contribution in [1.29, 1.82) is 5.26 Å². The largest absolute Gasteiger partial charge is 0.416 e. The standard InChI is InChI=1S/C19H9F6N3O/c20-18(21,22)12-5-1-10(2-6-12)15-14(9-26)17(29)28-27-16(15)11-3-7-13(8-4-11)19(23,24)25/h1-8H,(H,28,29). The second kappa shape index (κ2) is 7.09. The highest BCUT2D eigenvalue weighted by atomic mass is 19.4. The summed E-state index contributed by atoms with van der Waals surface area (Å²) in [7, 11) is 0. The molecule has 0 unspecified atom stereocenters. The summed E-state index contributed by atoms with van der Waals surface area (Å²) in [5.41, 5.74) is -3.05. The second-order valence-electron chi connectivity index (χ2n) is 5.91. The molecule has 0 amide bonds. The van der Waals surface area contributed by atoms with Gasteiger partial charge in [0.25, 0.3) is 5.56 Å². The van der Waals surface area contributed by atoms with E-state index >= 15 is 0 Å². The molecule has 148 valence electrons. The summed E-state index contributed by atoms with van der Waals surface area (Å²) >= 11 is 0. The summed E-state index contributed by atoms with van der Waals surface area (Å²) in [6, 6.07) is 9.12. The van der Waals surface area contributed by atoms with Crippen molar-refractivity contribution in [1.82, 2.24) is 10.2 Å². The van der Waals surface area contributed by atoms with Crippen molar-refractivity contribution in [2.75, 3.05) is 0 Å². The monoisotopic (exact) mass is 409 g/mol. The lowest BCUT2D eigenvalue weighted by atomic mass is 9.95. The molecule has 1 N–H and O–H groups in total. The number of nitrogens with zero attached hydrogens (tertiary/aromatic N) is 2. The average molecular weight is 409 g/mol. The van der Waals surface area contributed by atoms with Crippen LogP contribution in [0.3, 0.4) is 0 Å². The van der Waals surface area contributed by atoms with Crippen LogP contribution in [0.5, 0.6) is 0 Å². The van der Waals surface area contributed by atoms with E-state index < -0.39 is 34.6 Å². The molecule has 0 fully saturated rings. The normalized spacial score (nSPS) is 11.9. The van der Waals surface area contributed by atoms with Gasteiger partial charge in [-0.3, -0.25) is 4.79 Å². The van der Waals surface area contributed by atoms with Crippen LogP contribution in [0, 0.1) is 11.3 Å². The van der Waals surface area contributed by atoms with Crippen LogP contribution in [-0.2, 0) is 12.4 Å². The van der Waals surface area contributed by atoms with Crippen LogP contribution in [0.25, 0.3) is 22.4 Å². The Morgan fingerprint density at radius 2 is 1.24 bits per heavy atom. The van der Waals surface area contributed by atoms with E-state index in [1.54, 1.807) is 6.07 Å². The van der Waals surface area contributed by atoms with Gasteiger partial charge in [-0.25, -0.2) is 5.10 Å². The van der Waals surface area contributed by atoms with Gasteiger partial charge in [0.2, 0.25) is 0 Å². The molecular formula is C19H9F6N3O. The van der Waals surface area contributed by atoms with Gasteiger partial charge in [-0.2, -0.15) is 36.7 Å². The van der Waals surface area contributed by atoms with E-state index in [2.05, 4.69) is 10.2 Å². The van der Waals surface area contributed by atoms with Gasteiger partial charge in [-0.1, -0.05) is 24.3 Å². The third-order valence-corrected chi connectivity index (χ3v) is 4.08. The highest BCUT2D eigenvalue weighted by Crippen LogP contribution is 2.36. The van der Waals surface area contributed by atoms with Crippen molar-refractivity contribution in [3.63, 3.8) is 0 Å². The quantitative estimate of drug-likeness (QED) is 0.605. The van der Waals surface area contributed by atoms with Crippen LogP contribution in [0.4, 0.5) is 26.3 Å². The summed E-state index contributed by atoms with van der Waals surface area (Å²) in [6.07, 6.45) is -9.15. The fraction of sp³-hybridized carbons (Fsp3) is 0.105. The van der Waals surface area contributed by atoms with E-state index in [0.717, 1.165) is 48.5 Å². The Bertz CT molecular complexity index is 1140. The lowest BCUT2D eigenvalue weighted by molar-refractivity contribution is -0.138. The Morgan fingerprint density at radius 1 is 0.793 bits per heavy atom. The number of halogens is 6. The Morgan fingerprint density at radius 3 is 1.66 bits per heavy atom. The third kappa shape index (κ3) is 3.99.